The highest BCUT2D eigenvalue weighted by atomic mass is 14.9. The van der Waals surface area contributed by atoms with E-state index in [4.69, 9.17) is 0 Å². The van der Waals surface area contributed by atoms with Gasteiger partial charge in [0, 0.05) is 5.41 Å². The summed E-state index contributed by atoms with van der Waals surface area (Å²) in [5.74, 6) is 0. The van der Waals surface area contributed by atoms with Crippen LogP contribution in [0, 0.1) is 28.1 Å². The number of nitrogens with one attached hydrogen (secondary N) is 1. The summed E-state index contributed by atoms with van der Waals surface area (Å²) < 4.78 is 0. The molecule has 24 heavy (non-hydrogen) atoms. The summed E-state index contributed by atoms with van der Waals surface area (Å²) in [5.41, 5.74) is 3.89. The molecular formula is C21H17N3. The number of rotatable bonds is 2. The minimum absolute atomic E-state index is 0.574. The molecule has 1 N–H and O–H groups in total. The van der Waals surface area contributed by atoms with Crippen molar-refractivity contribution in [3.05, 3.63) is 82.9 Å². The molecule has 0 spiro atoms. The van der Waals surface area contributed by atoms with E-state index in [0.29, 0.717) is 11.1 Å². The molecule has 1 heterocycles. The molecule has 3 rings (SSSR count). The fourth-order valence-corrected chi connectivity index (χ4v) is 3.03. The Bertz CT molecular complexity index is 830. The third kappa shape index (κ3) is 2.47. The molecule has 2 aromatic carbocycles. The number of dihydropyridines is 1. The first kappa shape index (κ1) is 15.6. The first-order valence-electron chi connectivity index (χ1n) is 7.77. The number of hydrogen-bond acceptors (Lipinski definition) is 3. The van der Waals surface area contributed by atoms with E-state index in [1.54, 1.807) is 0 Å². The quantitative estimate of drug-likeness (QED) is 0.889. The van der Waals surface area contributed by atoms with Gasteiger partial charge in [0.15, 0.2) is 0 Å². The molecule has 0 saturated heterocycles. The number of nitriles is 2. The Morgan fingerprint density at radius 2 is 1.08 bits per heavy atom. The maximum Gasteiger partial charge on any atom is 0.0978 e. The Morgan fingerprint density at radius 1 is 0.708 bits per heavy atom. The Labute approximate surface area is 142 Å². The Hall–Kier alpha value is -3.30. The van der Waals surface area contributed by atoms with Crippen LogP contribution < -0.4 is 5.32 Å². The summed E-state index contributed by atoms with van der Waals surface area (Å²) >= 11 is 0. The minimum Gasteiger partial charge on any atom is -0.353 e. The molecule has 3 nitrogen and oxygen atoms in total. The number of nitrogens with zero attached hydrogens (tertiary/aromatic N) is 2. The molecule has 1 aliphatic heterocycles. The third-order valence-electron chi connectivity index (χ3n) is 4.35. The normalized spacial score (nSPS) is 16.2. The summed E-state index contributed by atoms with van der Waals surface area (Å²) in [6.07, 6.45) is 0. The van der Waals surface area contributed by atoms with Crippen LogP contribution >= 0.6 is 0 Å². The van der Waals surface area contributed by atoms with Crippen molar-refractivity contribution in [3.63, 3.8) is 0 Å². The molecule has 2 aromatic rings. The van der Waals surface area contributed by atoms with Crippen LogP contribution in [0.2, 0.25) is 0 Å². The van der Waals surface area contributed by atoms with Gasteiger partial charge in [0.05, 0.1) is 34.7 Å². The molecule has 0 amide bonds. The highest BCUT2D eigenvalue weighted by Crippen LogP contribution is 2.44. The van der Waals surface area contributed by atoms with E-state index in [1.165, 1.54) is 0 Å². The fraction of sp³-hybridized carbons (Fsp3) is 0.143. The van der Waals surface area contributed by atoms with Crippen molar-refractivity contribution in [2.45, 2.75) is 13.8 Å². The molecule has 1 aliphatic rings. The van der Waals surface area contributed by atoms with Gasteiger partial charge in [0.1, 0.15) is 0 Å². The molecule has 0 fully saturated rings. The van der Waals surface area contributed by atoms with Gasteiger partial charge in [-0.25, -0.2) is 0 Å². The smallest absolute Gasteiger partial charge is 0.0978 e. The van der Waals surface area contributed by atoms with E-state index in [9.17, 15) is 10.5 Å². The number of allylic oxidation sites excluding steroid dienone is 2. The zero-order valence-electron chi connectivity index (χ0n) is 13.7. The van der Waals surface area contributed by atoms with Crippen LogP contribution in [-0.2, 0) is 0 Å². The maximum atomic E-state index is 9.75. The van der Waals surface area contributed by atoms with Gasteiger partial charge in [-0.3, -0.25) is 0 Å². The van der Waals surface area contributed by atoms with E-state index >= 15 is 0 Å². The molecule has 116 valence electrons. The predicted octanol–water partition coefficient (Wildman–Crippen LogP) is 4.49. The Balaban J connectivity index is 2.25. The van der Waals surface area contributed by atoms with Crippen molar-refractivity contribution in [1.82, 2.24) is 5.32 Å². The summed E-state index contributed by atoms with van der Waals surface area (Å²) in [5, 5.41) is 22.9. The van der Waals surface area contributed by atoms with E-state index < -0.39 is 5.41 Å². The molecular weight excluding hydrogens is 294 g/mol. The van der Waals surface area contributed by atoms with Crippen LogP contribution in [0.3, 0.4) is 0 Å². The predicted molar refractivity (Wildman–Crippen MR) is 94.9 cm³/mol. The fourth-order valence-electron chi connectivity index (χ4n) is 3.03. The second kappa shape index (κ2) is 6.07. The highest BCUT2D eigenvalue weighted by molar-refractivity contribution is 5.88. The molecule has 0 atom stereocenters. The monoisotopic (exact) mass is 311 g/mol. The van der Waals surface area contributed by atoms with Gasteiger partial charge in [-0.1, -0.05) is 74.5 Å². The van der Waals surface area contributed by atoms with Gasteiger partial charge in [-0.05, 0) is 11.1 Å². The first-order chi connectivity index (χ1) is 11.6. The molecule has 3 heteroatoms. The van der Waals surface area contributed by atoms with Gasteiger partial charge in [-0.15, -0.1) is 0 Å². The molecule has 0 bridgehead atoms. The zero-order chi connectivity index (χ0) is 17.2. The maximum absolute atomic E-state index is 9.75. The van der Waals surface area contributed by atoms with E-state index in [-0.39, 0.29) is 0 Å². The molecule has 0 radical (unpaired) electrons. The van der Waals surface area contributed by atoms with Crippen LogP contribution in [0.4, 0.5) is 0 Å². The molecule has 0 unspecified atom stereocenters. The van der Waals surface area contributed by atoms with Gasteiger partial charge < -0.3 is 5.32 Å². The van der Waals surface area contributed by atoms with Gasteiger partial charge in [0.2, 0.25) is 0 Å². The van der Waals surface area contributed by atoms with Crippen molar-refractivity contribution >= 4 is 11.4 Å². The lowest BCUT2D eigenvalue weighted by Crippen LogP contribution is -2.30. The summed E-state index contributed by atoms with van der Waals surface area (Å²) in [6.45, 7) is 3.85. The van der Waals surface area contributed by atoms with E-state index in [2.05, 4.69) is 17.5 Å². The van der Waals surface area contributed by atoms with Crippen molar-refractivity contribution in [3.8, 4) is 12.1 Å². The second-order valence-corrected chi connectivity index (χ2v) is 6.21. The SMILES string of the molecule is CC1(C)C(C#N)=C(c2ccccc2)NC(c2ccccc2)=C1C#N. The first-order valence-corrected chi connectivity index (χ1v) is 7.77. The Morgan fingerprint density at radius 3 is 1.42 bits per heavy atom. The van der Waals surface area contributed by atoms with E-state index in [1.807, 2.05) is 74.5 Å². The number of benzene rings is 2. The highest BCUT2D eigenvalue weighted by Gasteiger charge is 2.38. The third-order valence-corrected chi connectivity index (χ3v) is 4.35. The lowest BCUT2D eigenvalue weighted by atomic mass is 9.72. The zero-order valence-corrected chi connectivity index (χ0v) is 13.7. The molecule has 0 aliphatic carbocycles. The van der Waals surface area contributed by atoms with Crippen molar-refractivity contribution in [1.29, 1.82) is 10.5 Å². The summed E-state index contributed by atoms with van der Waals surface area (Å²) in [4.78, 5) is 0. The molecule has 0 aromatic heterocycles. The van der Waals surface area contributed by atoms with Crippen LogP contribution in [0.25, 0.3) is 11.4 Å². The average molecular weight is 311 g/mol. The van der Waals surface area contributed by atoms with Crippen LogP contribution in [-0.4, -0.2) is 0 Å². The largest absolute Gasteiger partial charge is 0.353 e. The van der Waals surface area contributed by atoms with Gasteiger partial charge in [0.25, 0.3) is 0 Å². The Kier molecular flexibility index (Phi) is 3.94. The molecule has 0 saturated carbocycles. The van der Waals surface area contributed by atoms with Crippen LogP contribution in [0.5, 0.6) is 0 Å². The average Bonchev–Trinajstić information content (AvgIpc) is 2.61. The van der Waals surface area contributed by atoms with Crippen molar-refractivity contribution in [2.75, 3.05) is 0 Å². The summed E-state index contributed by atoms with van der Waals surface area (Å²) in [7, 11) is 0. The van der Waals surface area contributed by atoms with Gasteiger partial charge in [-0.2, -0.15) is 10.5 Å². The lowest BCUT2D eigenvalue weighted by Gasteiger charge is -2.34. The standard InChI is InChI=1S/C21H17N3/c1-21(2)17(13-22)19(15-9-5-3-6-10-15)24-20(18(21)14-23)16-11-7-4-8-12-16/h3-12,24H,1-2H3. The minimum atomic E-state index is -0.662. The lowest BCUT2D eigenvalue weighted by molar-refractivity contribution is 0.564. The topological polar surface area (TPSA) is 59.6 Å². The van der Waals surface area contributed by atoms with Crippen LogP contribution in [0.1, 0.15) is 25.0 Å². The number of hydrogen-bond donors (Lipinski definition) is 1. The van der Waals surface area contributed by atoms with Crippen molar-refractivity contribution in [2.24, 2.45) is 5.41 Å². The second-order valence-electron chi connectivity index (χ2n) is 6.21. The van der Waals surface area contributed by atoms with Gasteiger partial charge >= 0.3 is 0 Å². The summed E-state index contributed by atoms with van der Waals surface area (Å²) in [6, 6.07) is 24.1. The van der Waals surface area contributed by atoms with E-state index in [0.717, 1.165) is 22.5 Å². The van der Waals surface area contributed by atoms with Crippen LogP contribution in [0.15, 0.2) is 71.8 Å². The van der Waals surface area contributed by atoms with Crippen molar-refractivity contribution < 1.29 is 0 Å².